The second-order valence-corrected chi connectivity index (χ2v) is 8.74. The third kappa shape index (κ3) is 4.98. The van der Waals surface area contributed by atoms with Crippen molar-refractivity contribution in [2.24, 2.45) is 0 Å². The Hall–Kier alpha value is -4.44. The molecule has 0 saturated carbocycles. The van der Waals surface area contributed by atoms with Crippen LogP contribution in [-0.4, -0.2) is 37.0 Å². The van der Waals surface area contributed by atoms with Crippen molar-refractivity contribution in [3.05, 3.63) is 82.0 Å². The second kappa shape index (κ2) is 10.4. The molecule has 9 nitrogen and oxygen atoms in total. The fourth-order valence-electron chi connectivity index (χ4n) is 3.64. The highest BCUT2D eigenvalue weighted by Gasteiger charge is 2.23. The number of thiazole rings is 1. The molecule has 0 bridgehead atoms. The van der Waals surface area contributed by atoms with Gasteiger partial charge in [-0.2, -0.15) is 0 Å². The minimum Gasteiger partial charge on any atom is -0.497 e. The van der Waals surface area contributed by atoms with Crippen LogP contribution in [0.2, 0.25) is 0 Å². The summed E-state index contributed by atoms with van der Waals surface area (Å²) >= 11 is 1.59. The number of allylic oxidation sites excluding steroid dienone is 1. The molecule has 0 atom stereocenters. The molecule has 0 aliphatic rings. The van der Waals surface area contributed by atoms with Crippen LogP contribution < -0.4 is 19.5 Å². The van der Waals surface area contributed by atoms with Gasteiger partial charge in [0.25, 0.3) is 0 Å². The molecule has 0 fully saturated rings. The van der Waals surface area contributed by atoms with Crippen LogP contribution in [0, 0.1) is 17.0 Å². The summed E-state index contributed by atoms with van der Waals surface area (Å²) < 4.78 is 16.6. The van der Waals surface area contributed by atoms with Crippen LogP contribution >= 0.6 is 11.3 Å². The van der Waals surface area contributed by atoms with E-state index < -0.39 is 10.7 Å². The first-order valence-electron chi connectivity index (χ1n) is 10.8. The number of nitrogens with zero attached hydrogens (tertiary/aromatic N) is 2. The maximum absolute atomic E-state index is 12.7. The summed E-state index contributed by atoms with van der Waals surface area (Å²) in [6.07, 6.45) is 2.80. The number of rotatable bonds is 9. The van der Waals surface area contributed by atoms with Crippen molar-refractivity contribution in [3.63, 3.8) is 0 Å². The van der Waals surface area contributed by atoms with Crippen molar-refractivity contribution < 1.29 is 23.9 Å². The number of ketones is 1. The molecule has 1 heterocycles. The minimum atomic E-state index is -0.618. The molecular formula is C26H23N3O6S. The largest absolute Gasteiger partial charge is 0.497 e. The van der Waals surface area contributed by atoms with Gasteiger partial charge < -0.3 is 19.5 Å². The Morgan fingerprint density at radius 1 is 1.06 bits per heavy atom. The van der Waals surface area contributed by atoms with Gasteiger partial charge in [-0.25, -0.2) is 4.98 Å². The molecule has 1 aromatic heterocycles. The standard InChI is InChI=1S/C26H23N3O6S/c1-15-11-16(26-28-20-8-6-18(33-2)14-24(20)36-26)5-7-19(15)27-10-9-22(30)17-12-21(29(31)32)25(35-4)23(13-17)34-3/h5-14,27H,1-4H3/b10-9-. The number of nitro groups is 1. The van der Waals surface area contributed by atoms with E-state index in [9.17, 15) is 14.9 Å². The number of carbonyl (C=O) groups excluding carboxylic acids is 1. The van der Waals surface area contributed by atoms with E-state index in [2.05, 4.69) is 5.32 Å². The molecule has 4 rings (SSSR count). The van der Waals surface area contributed by atoms with Gasteiger partial charge in [-0.05, 0) is 55.0 Å². The smallest absolute Gasteiger partial charge is 0.315 e. The first-order valence-corrected chi connectivity index (χ1v) is 11.6. The Labute approximate surface area is 211 Å². The number of nitro benzene ring substituents is 1. The van der Waals surface area contributed by atoms with Crippen molar-refractivity contribution in [1.82, 2.24) is 4.98 Å². The van der Waals surface area contributed by atoms with E-state index in [1.54, 1.807) is 18.4 Å². The van der Waals surface area contributed by atoms with E-state index in [4.69, 9.17) is 19.2 Å². The van der Waals surface area contributed by atoms with E-state index in [0.717, 1.165) is 37.8 Å². The van der Waals surface area contributed by atoms with Crippen LogP contribution in [0.4, 0.5) is 11.4 Å². The zero-order valence-electron chi connectivity index (χ0n) is 20.0. The van der Waals surface area contributed by atoms with Gasteiger partial charge in [0.15, 0.2) is 11.5 Å². The van der Waals surface area contributed by atoms with Gasteiger partial charge in [-0.3, -0.25) is 14.9 Å². The Morgan fingerprint density at radius 2 is 1.86 bits per heavy atom. The molecule has 3 aromatic carbocycles. The van der Waals surface area contributed by atoms with Gasteiger partial charge in [-0.1, -0.05) is 0 Å². The van der Waals surface area contributed by atoms with Crippen molar-refractivity contribution in [3.8, 4) is 27.8 Å². The van der Waals surface area contributed by atoms with Gasteiger partial charge >= 0.3 is 5.69 Å². The van der Waals surface area contributed by atoms with Crippen LogP contribution in [0.5, 0.6) is 17.2 Å². The van der Waals surface area contributed by atoms with Crippen molar-refractivity contribution in [1.29, 1.82) is 0 Å². The summed E-state index contributed by atoms with van der Waals surface area (Å²) in [6, 6.07) is 14.3. The molecule has 0 aliphatic heterocycles. The van der Waals surface area contributed by atoms with Crippen molar-refractivity contribution >= 4 is 38.7 Å². The molecule has 1 N–H and O–H groups in total. The highest BCUT2D eigenvalue weighted by Crippen LogP contribution is 2.38. The average Bonchev–Trinajstić information content (AvgIpc) is 3.31. The van der Waals surface area contributed by atoms with Crippen LogP contribution in [0.15, 0.2) is 60.8 Å². The molecular weight excluding hydrogens is 482 g/mol. The summed E-state index contributed by atoms with van der Waals surface area (Å²) in [5, 5.41) is 15.4. The maximum Gasteiger partial charge on any atom is 0.315 e. The maximum atomic E-state index is 12.7. The summed E-state index contributed by atoms with van der Waals surface area (Å²) in [5.41, 5.74) is 3.42. The fraction of sp³-hybridized carbons (Fsp3) is 0.154. The number of fused-ring (bicyclic) bond motifs is 1. The number of methoxy groups -OCH3 is 3. The van der Waals surface area contributed by atoms with Gasteiger partial charge in [0.05, 0.1) is 36.5 Å². The summed E-state index contributed by atoms with van der Waals surface area (Å²) in [7, 11) is 4.29. The quantitative estimate of drug-likeness (QED) is 0.127. The minimum absolute atomic E-state index is 0.0378. The van der Waals surface area contributed by atoms with Crippen LogP contribution in [0.3, 0.4) is 0 Å². The predicted molar refractivity (Wildman–Crippen MR) is 140 cm³/mol. The molecule has 4 aromatic rings. The predicted octanol–water partition coefficient (Wildman–Crippen LogP) is 6.01. The van der Waals surface area contributed by atoms with Gasteiger partial charge in [0.2, 0.25) is 5.75 Å². The topological polar surface area (TPSA) is 113 Å². The molecule has 10 heteroatoms. The monoisotopic (exact) mass is 505 g/mol. The second-order valence-electron chi connectivity index (χ2n) is 7.71. The number of benzene rings is 3. The normalized spacial score (nSPS) is 11.0. The molecule has 0 aliphatic carbocycles. The zero-order valence-corrected chi connectivity index (χ0v) is 20.8. The molecule has 0 amide bonds. The Morgan fingerprint density at radius 3 is 2.53 bits per heavy atom. The number of hydrogen-bond donors (Lipinski definition) is 1. The SMILES string of the molecule is COc1ccc2nc(-c3ccc(N/C=C\C(=O)c4cc(OC)c(OC)c([N+](=O)[O-])c4)c(C)c3)sc2c1. The van der Waals surface area contributed by atoms with E-state index in [1.807, 2.05) is 43.3 Å². The van der Waals surface area contributed by atoms with E-state index >= 15 is 0 Å². The number of nitrogens with one attached hydrogen (secondary N) is 1. The van der Waals surface area contributed by atoms with E-state index in [0.29, 0.717) is 0 Å². The molecule has 36 heavy (non-hydrogen) atoms. The number of aryl methyl sites for hydroxylation is 1. The third-order valence-corrected chi connectivity index (χ3v) is 6.55. The first-order chi connectivity index (χ1) is 17.3. The van der Waals surface area contributed by atoms with Crippen LogP contribution in [0.1, 0.15) is 15.9 Å². The first kappa shape index (κ1) is 24.7. The lowest BCUT2D eigenvalue weighted by molar-refractivity contribution is -0.385. The summed E-state index contributed by atoms with van der Waals surface area (Å²) in [5.74, 6) is 0.434. The zero-order chi connectivity index (χ0) is 25.8. The number of aromatic nitrogens is 1. The molecule has 0 radical (unpaired) electrons. The highest BCUT2D eigenvalue weighted by molar-refractivity contribution is 7.21. The average molecular weight is 506 g/mol. The van der Waals surface area contributed by atoms with E-state index in [-0.39, 0.29) is 22.7 Å². The van der Waals surface area contributed by atoms with Crippen LogP contribution in [0.25, 0.3) is 20.8 Å². The lowest BCUT2D eigenvalue weighted by Crippen LogP contribution is -2.02. The fourth-order valence-corrected chi connectivity index (χ4v) is 4.63. The number of anilines is 1. The van der Waals surface area contributed by atoms with Crippen LogP contribution in [-0.2, 0) is 0 Å². The van der Waals surface area contributed by atoms with Crippen molar-refractivity contribution in [2.45, 2.75) is 6.92 Å². The molecule has 0 saturated heterocycles. The molecule has 0 unspecified atom stereocenters. The van der Waals surface area contributed by atoms with Gasteiger partial charge in [0, 0.05) is 35.2 Å². The molecule has 0 spiro atoms. The number of hydrogen-bond acceptors (Lipinski definition) is 9. The summed E-state index contributed by atoms with van der Waals surface area (Å²) in [4.78, 5) is 28.2. The third-order valence-electron chi connectivity index (χ3n) is 5.48. The highest BCUT2D eigenvalue weighted by atomic mass is 32.1. The summed E-state index contributed by atoms with van der Waals surface area (Å²) in [6.45, 7) is 1.95. The lowest BCUT2D eigenvalue weighted by atomic mass is 10.1. The Balaban J connectivity index is 1.51. The van der Waals surface area contributed by atoms with Gasteiger partial charge in [0.1, 0.15) is 10.8 Å². The van der Waals surface area contributed by atoms with E-state index in [1.165, 1.54) is 38.6 Å². The van der Waals surface area contributed by atoms with Crippen molar-refractivity contribution in [2.75, 3.05) is 26.6 Å². The molecule has 184 valence electrons. The number of carbonyl (C=O) groups is 1. The number of ether oxygens (including phenoxy) is 3. The van der Waals surface area contributed by atoms with Gasteiger partial charge in [-0.15, -0.1) is 11.3 Å². The lowest BCUT2D eigenvalue weighted by Gasteiger charge is -2.09. The Bertz CT molecular complexity index is 1490. The Kier molecular flexibility index (Phi) is 7.16.